The molecule has 4 heteroatoms. The van der Waals surface area contributed by atoms with E-state index in [1.54, 1.807) is 0 Å². The molecule has 3 aromatic rings. The molecule has 19 heavy (non-hydrogen) atoms. The van der Waals surface area contributed by atoms with Gasteiger partial charge in [-0.1, -0.05) is 48.5 Å². The molecule has 3 nitrogen and oxygen atoms in total. The highest BCUT2D eigenvalue weighted by atomic mass is 35.5. The molecule has 0 saturated heterocycles. The average Bonchev–Trinajstić information content (AvgIpc) is 2.98. The van der Waals surface area contributed by atoms with E-state index in [0.29, 0.717) is 11.8 Å². The molecule has 0 saturated carbocycles. The Balaban J connectivity index is 1.90. The molecule has 0 radical (unpaired) electrons. The van der Waals surface area contributed by atoms with Gasteiger partial charge in [0.25, 0.3) is 0 Å². The third-order valence-corrected chi connectivity index (χ3v) is 3.21. The lowest BCUT2D eigenvalue weighted by molar-refractivity contribution is 0.513. The lowest BCUT2D eigenvalue weighted by atomic mass is 10.1. The molecule has 0 fully saturated rings. The summed E-state index contributed by atoms with van der Waals surface area (Å²) in [5.41, 5.74) is 1.82. The van der Waals surface area contributed by atoms with Crippen LogP contribution in [0.3, 0.4) is 0 Å². The summed E-state index contributed by atoms with van der Waals surface area (Å²) in [6.45, 7) is 0. The van der Waals surface area contributed by atoms with Gasteiger partial charge in [-0.25, -0.2) is 0 Å². The Morgan fingerprint density at radius 3 is 2.16 bits per heavy atom. The largest absolute Gasteiger partial charge is 0.419 e. The van der Waals surface area contributed by atoms with Crippen LogP contribution in [0.1, 0.15) is 16.8 Å². The van der Waals surface area contributed by atoms with E-state index in [0.717, 1.165) is 11.1 Å². The number of hydrogen-bond acceptors (Lipinski definition) is 3. The van der Waals surface area contributed by atoms with Gasteiger partial charge < -0.3 is 4.42 Å². The summed E-state index contributed by atoms with van der Waals surface area (Å²) in [5, 5.41) is 7.63. The first-order valence-corrected chi connectivity index (χ1v) is 6.36. The van der Waals surface area contributed by atoms with E-state index in [-0.39, 0.29) is 0 Å². The average molecular weight is 271 g/mol. The van der Waals surface area contributed by atoms with Crippen LogP contribution in [0.5, 0.6) is 0 Å². The number of aromatic nitrogens is 2. The topological polar surface area (TPSA) is 38.9 Å². The van der Waals surface area contributed by atoms with Crippen LogP contribution in [0.15, 0.2) is 65.1 Å². The predicted molar refractivity (Wildman–Crippen MR) is 73.9 cm³/mol. The molecule has 0 N–H and O–H groups in total. The zero-order valence-corrected chi connectivity index (χ0v) is 10.8. The second kappa shape index (κ2) is 5.24. The van der Waals surface area contributed by atoms with Gasteiger partial charge >= 0.3 is 0 Å². The Hall–Kier alpha value is -2.13. The van der Waals surface area contributed by atoms with Crippen LogP contribution < -0.4 is 0 Å². The first-order valence-electron chi connectivity index (χ1n) is 5.92. The van der Waals surface area contributed by atoms with Crippen LogP contribution in [-0.2, 0) is 0 Å². The predicted octanol–water partition coefficient (Wildman–Crippen LogP) is 4.06. The van der Waals surface area contributed by atoms with E-state index in [9.17, 15) is 0 Å². The molecule has 1 aromatic heterocycles. The van der Waals surface area contributed by atoms with E-state index in [1.165, 1.54) is 0 Å². The maximum atomic E-state index is 6.34. The minimum atomic E-state index is -0.425. The van der Waals surface area contributed by atoms with Crippen molar-refractivity contribution in [3.63, 3.8) is 0 Å². The van der Waals surface area contributed by atoms with E-state index >= 15 is 0 Å². The normalized spacial score (nSPS) is 12.3. The first-order chi connectivity index (χ1) is 9.34. The quantitative estimate of drug-likeness (QED) is 0.674. The summed E-state index contributed by atoms with van der Waals surface area (Å²) in [7, 11) is 0. The fraction of sp³-hybridized carbons (Fsp3) is 0.0667. The van der Waals surface area contributed by atoms with Crippen molar-refractivity contribution in [3.05, 3.63) is 72.1 Å². The van der Waals surface area contributed by atoms with Crippen molar-refractivity contribution in [2.75, 3.05) is 0 Å². The van der Waals surface area contributed by atoms with E-state index in [4.69, 9.17) is 16.0 Å². The van der Waals surface area contributed by atoms with Crippen molar-refractivity contribution in [1.29, 1.82) is 0 Å². The third-order valence-electron chi connectivity index (χ3n) is 2.77. The van der Waals surface area contributed by atoms with Crippen molar-refractivity contribution >= 4 is 11.6 Å². The van der Waals surface area contributed by atoms with Crippen molar-refractivity contribution in [2.45, 2.75) is 5.38 Å². The fourth-order valence-electron chi connectivity index (χ4n) is 1.80. The molecule has 0 aliphatic heterocycles. The SMILES string of the molecule is ClC(c1ccccc1)c1nnc(-c2ccccc2)o1. The highest BCUT2D eigenvalue weighted by Gasteiger charge is 2.18. The molecule has 2 aromatic carbocycles. The molecule has 0 spiro atoms. The highest BCUT2D eigenvalue weighted by Crippen LogP contribution is 2.29. The van der Waals surface area contributed by atoms with Gasteiger partial charge in [-0.05, 0) is 17.7 Å². The Kier molecular flexibility index (Phi) is 3.29. The standard InChI is InChI=1S/C15H11ClN2O/c16-13(11-7-3-1-4-8-11)15-18-17-14(19-15)12-9-5-2-6-10-12/h1-10,13H. The van der Waals surface area contributed by atoms with Crippen molar-refractivity contribution < 1.29 is 4.42 Å². The molecule has 1 unspecified atom stereocenters. The van der Waals surface area contributed by atoms with Crippen LogP contribution in [0.25, 0.3) is 11.5 Å². The van der Waals surface area contributed by atoms with Crippen LogP contribution in [0.4, 0.5) is 0 Å². The van der Waals surface area contributed by atoms with Crippen LogP contribution in [0.2, 0.25) is 0 Å². The van der Waals surface area contributed by atoms with Crippen LogP contribution >= 0.6 is 11.6 Å². The first kappa shape index (κ1) is 11.9. The number of hydrogen-bond donors (Lipinski definition) is 0. The number of alkyl halides is 1. The summed E-state index contributed by atoms with van der Waals surface area (Å²) < 4.78 is 5.63. The third kappa shape index (κ3) is 2.51. The smallest absolute Gasteiger partial charge is 0.247 e. The van der Waals surface area contributed by atoms with Crippen LogP contribution in [0, 0.1) is 0 Å². The fourth-order valence-corrected chi connectivity index (χ4v) is 2.03. The molecule has 1 heterocycles. The number of benzene rings is 2. The molecule has 1 atom stereocenters. The number of halogens is 1. The molecular weight excluding hydrogens is 260 g/mol. The lowest BCUT2D eigenvalue weighted by Crippen LogP contribution is -1.92. The highest BCUT2D eigenvalue weighted by molar-refractivity contribution is 6.22. The monoisotopic (exact) mass is 270 g/mol. The van der Waals surface area contributed by atoms with Gasteiger partial charge in [-0.15, -0.1) is 21.8 Å². The van der Waals surface area contributed by atoms with Gasteiger partial charge in [0.2, 0.25) is 11.8 Å². The Morgan fingerprint density at radius 1 is 0.842 bits per heavy atom. The summed E-state index contributed by atoms with van der Waals surface area (Å²) in [6.07, 6.45) is 0. The Labute approximate surface area is 115 Å². The van der Waals surface area contributed by atoms with Gasteiger partial charge in [-0.3, -0.25) is 0 Å². The van der Waals surface area contributed by atoms with E-state index < -0.39 is 5.38 Å². The molecule has 0 aliphatic carbocycles. The summed E-state index contributed by atoms with van der Waals surface area (Å²) in [6, 6.07) is 19.3. The zero-order chi connectivity index (χ0) is 13.1. The molecule has 0 amide bonds. The minimum absolute atomic E-state index is 0.409. The Bertz CT molecular complexity index is 652. The molecule has 3 rings (SSSR count). The maximum absolute atomic E-state index is 6.34. The molecular formula is C15H11ClN2O. The molecule has 0 bridgehead atoms. The zero-order valence-electron chi connectivity index (χ0n) is 10.0. The Morgan fingerprint density at radius 2 is 1.47 bits per heavy atom. The summed E-state index contributed by atoms with van der Waals surface area (Å²) in [5.74, 6) is 0.893. The van der Waals surface area contributed by atoms with Gasteiger partial charge in [0.1, 0.15) is 5.38 Å². The van der Waals surface area contributed by atoms with Crippen molar-refractivity contribution in [3.8, 4) is 11.5 Å². The second-order valence-corrected chi connectivity index (χ2v) is 4.52. The lowest BCUT2D eigenvalue weighted by Gasteiger charge is -2.03. The van der Waals surface area contributed by atoms with Gasteiger partial charge in [0.05, 0.1) is 0 Å². The van der Waals surface area contributed by atoms with Crippen molar-refractivity contribution in [1.82, 2.24) is 10.2 Å². The van der Waals surface area contributed by atoms with E-state index in [1.807, 2.05) is 60.7 Å². The number of nitrogens with zero attached hydrogens (tertiary/aromatic N) is 2. The minimum Gasteiger partial charge on any atom is -0.419 e. The summed E-state index contributed by atoms with van der Waals surface area (Å²) in [4.78, 5) is 0. The van der Waals surface area contributed by atoms with Gasteiger partial charge in [0, 0.05) is 5.56 Å². The number of rotatable bonds is 3. The van der Waals surface area contributed by atoms with Crippen molar-refractivity contribution in [2.24, 2.45) is 0 Å². The molecule has 0 aliphatic rings. The molecule has 94 valence electrons. The van der Waals surface area contributed by atoms with Gasteiger partial charge in [-0.2, -0.15) is 0 Å². The second-order valence-electron chi connectivity index (χ2n) is 4.08. The van der Waals surface area contributed by atoms with Crippen LogP contribution in [-0.4, -0.2) is 10.2 Å². The van der Waals surface area contributed by atoms with Gasteiger partial charge in [0.15, 0.2) is 0 Å². The summed E-state index contributed by atoms with van der Waals surface area (Å²) >= 11 is 6.34. The van der Waals surface area contributed by atoms with E-state index in [2.05, 4.69) is 10.2 Å². The maximum Gasteiger partial charge on any atom is 0.247 e.